The Morgan fingerprint density at radius 1 is 1.22 bits per heavy atom. The van der Waals surface area contributed by atoms with Crippen LogP contribution in [0.3, 0.4) is 0 Å². The van der Waals surface area contributed by atoms with Crippen molar-refractivity contribution in [1.82, 2.24) is 14.8 Å². The number of anilines is 1. The van der Waals surface area contributed by atoms with E-state index in [1.54, 1.807) is 12.1 Å². The molecule has 4 rings (SSSR count). The van der Waals surface area contributed by atoms with Crippen molar-refractivity contribution in [3.63, 3.8) is 0 Å². The van der Waals surface area contributed by atoms with Crippen LogP contribution in [0.2, 0.25) is 5.02 Å². The standard InChI is InChI=1S/C20H13ClN6O4S/c1-12-8-19(24-17-5-3-2-4-15(12)17)26-20(13(10-22)11-23-26)25-32(30,31)14-6-7-16(21)18(9-14)27(28)29/h2-9,11,25H,1H3. The number of aromatic nitrogens is 3. The molecule has 0 aliphatic carbocycles. The third kappa shape index (κ3) is 3.73. The van der Waals surface area contributed by atoms with Gasteiger partial charge < -0.3 is 0 Å². The Morgan fingerprint density at radius 2 is 1.97 bits per heavy atom. The van der Waals surface area contributed by atoms with Gasteiger partial charge in [0.05, 0.1) is 21.5 Å². The number of sulfonamides is 1. The van der Waals surface area contributed by atoms with Crippen molar-refractivity contribution in [3.8, 4) is 11.9 Å². The third-order valence-corrected chi connectivity index (χ3v) is 6.33. The SMILES string of the molecule is Cc1cc(-n2ncc(C#N)c2NS(=O)(=O)c2ccc(Cl)c([N+](=O)[O-])c2)nc2ccccc12. The Bertz CT molecular complexity index is 1540. The summed E-state index contributed by atoms with van der Waals surface area (Å²) in [5.41, 5.74) is 0.931. The number of nitrogens with one attached hydrogen (secondary N) is 1. The first-order valence-electron chi connectivity index (χ1n) is 9.03. The van der Waals surface area contributed by atoms with E-state index in [1.807, 2.05) is 31.2 Å². The minimum atomic E-state index is -4.32. The lowest BCUT2D eigenvalue weighted by Gasteiger charge is -2.12. The summed E-state index contributed by atoms with van der Waals surface area (Å²) in [5.74, 6) is 0.148. The van der Waals surface area contributed by atoms with Gasteiger partial charge in [0.2, 0.25) is 0 Å². The highest BCUT2D eigenvalue weighted by atomic mass is 35.5. The molecule has 32 heavy (non-hydrogen) atoms. The molecule has 0 saturated carbocycles. The Hall–Kier alpha value is -4.01. The van der Waals surface area contributed by atoms with Gasteiger partial charge in [-0.15, -0.1) is 0 Å². The van der Waals surface area contributed by atoms with Gasteiger partial charge in [0.1, 0.15) is 16.7 Å². The summed E-state index contributed by atoms with van der Waals surface area (Å²) in [6, 6.07) is 14.1. The van der Waals surface area contributed by atoms with Gasteiger partial charge in [0.15, 0.2) is 11.6 Å². The minimum absolute atomic E-state index is 0.0513. The highest BCUT2D eigenvalue weighted by Crippen LogP contribution is 2.29. The zero-order valence-corrected chi connectivity index (χ0v) is 17.9. The van der Waals surface area contributed by atoms with Crippen molar-refractivity contribution in [2.75, 3.05) is 4.72 Å². The normalized spacial score (nSPS) is 11.3. The summed E-state index contributed by atoms with van der Waals surface area (Å²) in [5, 5.41) is 25.4. The molecule has 1 N–H and O–H groups in total. The molecule has 12 heteroatoms. The fraction of sp³-hybridized carbons (Fsp3) is 0.0500. The van der Waals surface area contributed by atoms with Crippen LogP contribution in [0.1, 0.15) is 11.1 Å². The molecule has 0 bridgehead atoms. The predicted octanol–water partition coefficient (Wildman–Crippen LogP) is 3.96. The van der Waals surface area contributed by atoms with Gasteiger partial charge in [0.25, 0.3) is 15.7 Å². The van der Waals surface area contributed by atoms with Crippen LogP contribution >= 0.6 is 11.6 Å². The Balaban J connectivity index is 1.83. The number of para-hydroxylation sites is 1. The second-order valence-electron chi connectivity index (χ2n) is 6.72. The number of pyridine rings is 1. The molecule has 160 valence electrons. The van der Waals surface area contributed by atoms with Crippen LogP contribution in [-0.4, -0.2) is 28.1 Å². The summed E-state index contributed by atoms with van der Waals surface area (Å²) >= 11 is 5.78. The van der Waals surface area contributed by atoms with Crippen molar-refractivity contribution in [2.45, 2.75) is 11.8 Å². The molecular weight excluding hydrogens is 456 g/mol. The zero-order valence-electron chi connectivity index (χ0n) is 16.4. The lowest BCUT2D eigenvalue weighted by molar-refractivity contribution is -0.384. The third-order valence-electron chi connectivity index (χ3n) is 4.67. The first-order chi connectivity index (χ1) is 15.2. The second kappa shape index (κ2) is 7.92. The van der Waals surface area contributed by atoms with E-state index < -0.39 is 25.5 Å². The van der Waals surface area contributed by atoms with Crippen molar-refractivity contribution < 1.29 is 13.3 Å². The van der Waals surface area contributed by atoms with E-state index in [2.05, 4.69) is 14.8 Å². The first-order valence-corrected chi connectivity index (χ1v) is 10.9. The smallest absolute Gasteiger partial charge is 0.262 e. The largest absolute Gasteiger partial charge is 0.289 e. The van der Waals surface area contributed by atoms with Crippen molar-refractivity contribution in [3.05, 3.63) is 81.0 Å². The van der Waals surface area contributed by atoms with Gasteiger partial charge >= 0.3 is 0 Å². The van der Waals surface area contributed by atoms with Crippen LogP contribution in [0.15, 0.2) is 59.6 Å². The highest BCUT2D eigenvalue weighted by Gasteiger charge is 2.24. The number of nitriles is 1. The fourth-order valence-electron chi connectivity index (χ4n) is 3.13. The molecule has 2 aromatic carbocycles. The molecule has 0 fully saturated rings. The van der Waals surface area contributed by atoms with E-state index >= 15 is 0 Å². The predicted molar refractivity (Wildman–Crippen MR) is 117 cm³/mol. The molecule has 2 aromatic heterocycles. The summed E-state index contributed by atoms with van der Waals surface area (Å²) in [7, 11) is -4.32. The van der Waals surface area contributed by atoms with Crippen LogP contribution in [0, 0.1) is 28.4 Å². The Morgan fingerprint density at radius 3 is 2.69 bits per heavy atom. The number of halogens is 1. The van der Waals surface area contributed by atoms with E-state index in [0.717, 1.165) is 29.1 Å². The topological polar surface area (TPSA) is 144 Å². The average Bonchev–Trinajstić information content (AvgIpc) is 3.15. The maximum atomic E-state index is 13.0. The average molecular weight is 469 g/mol. The van der Waals surface area contributed by atoms with Crippen molar-refractivity contribution >= 4 is 44.0 Å². The number of hydrogen-bond acceptors (Lipinski definition) is 7. The second-order valence-corrected chi connectivity index (χ2v) is 8.81. The Labute approximate surface area is 186 Å². The van der Waals surface area contributed by atoms with Crippen LogP contribution in [0.5, 0.6) is 0 Å². The number of nitro benzene ring substituents is 1. The Kier molecular flexibility index (Phi) is 5.25. The fourth-order valence-corrected chi connectivity index (χ4v) is 4.40. The number of nitrogens with zero attached hydrogens (tertiary/aromatic N) is 5. The van der Waals surface area contributed by atoms with E-state index in [-0.39, 0.29) is 16.4 Å². The number of rotatable bonds is 5. The summed E-state index contributed by atoms with van der Waals surface area (Å²) in [6.07, 6.45) is 1.20. The lowest BCUT2D eigenvalue weighted by Crippen LogP contribution is -2.17. The molecule has 2 heterocycles. The zero-order chi connectivity index (χ0) is 23.0. The number of aryl methyl sites for hydroxylation is 1. The molecule has 10 nitrogen and oxygen atoms in total. The number of fused-ring (bicyclic) bond motifs is 1. The summed E-state index contributed by atoms with van der Waals surface area (Å²) < 4.78 is 29.4. The van der Waals surface area contributed by atoms with Crippen LogP contribution in [0.4, 0.5) is 11.5 Å². The van der Waals surface area contributed by atoms with Crippen molar-refractivity contribution in [1.29, 1.82) is 5.26 Å². The molecule has 0 unspecified atom stereocenters. The van der Waals surface area contributed by atoms with E-state index in [1.165, 1.54) is 10.9 Å². The van der Waals surface area contributed by atoms with Gasteiger partial charge in [-0.2, -0.15) is 15.0 Å². The van der Waals surface area contributed by atoms with Crippen LogP contribution in [0.25, 0.3) is 16.7 Å². The molecule has 0 aliphatic rings. The van der Waals surface area contributed by atoms with Crippen molar-refractivity contribution in [2.24, 2.45) is 0 Å². The molecule has 4 aromatic rings. The molecule has 0 aliphatic heterocycles. The van der Waals surface area contributed by atoms with Gasteiger partial charge in [-0.25, -0.2) is 13.4 Å². The maximum absolute atomic E-state index is 13.0. The summed E-state index contributed by atoms with van der Waals surface area (Å²) in [4.78, 5) is 14.5. The van der Waals surface area contributed by atoms with Gasteiger partial charge in [0, 0.05) is 11.5 Å². The minimum Gasteiger partial charge on any atom is -0.262 e. The van der Waals surface area contributed by atoms with Crippen LogP contribution in [-0.2, 0) is 10.0 Å². The van der Waals surface area contributed by atoms with E-state index in [4.69, 9.17) is 11.6 Å². The maximum Gasteiger partial charge on any atom is 0.289 e. The van der Waals surface area contributed by atoms with Crippen LogP contribution < -0.4 is 4.72 Å². The summed E-state index contributed by atoms with van der Waals surface area (Å²) in [6.45, 7) is 1.87. The van der Waals surface area contributed by atoms with Gasteiger partial charge in [-0.05, 0) is 36.8 Å². The molecule has 0 atom stereocenters. The van der Waals surface area contributed by atoms with E-state index in [9.17, 15) is 23.8 Å². The molecule has 0 saturated heterocycles. The lowest BCUT2D eigenvalue weighted by atomic mass is 10.1. The van der Waals surface area contributed by atoms with E-state index in [0.29, 0.717) is 11.3 Å². The number of hydrogen-bond donors (Lipinski definition) is 1. The monoisotopic (exact) mass is 468 g/mol. The highest BCUT2D eigenvalue weighted by molar-refractivity contribution is 7.92. The molecule has 0 amide bonds. The number of nitro groups is 1. The van der Waals surface area contributed by atoms with Gasteiger partial charge in [-0.1, -0.05) is 29.8 Å². The molecule has 0 spiro atoms. The first kappa shape index (κ1) is 21.2. The molecular formula is C20H13ClN6O4S. The van der Waals surface area contributed by atoms with Gasteiger partial charge in [-0.3, -0.25) is 14.8 Å². The molecule has 0 radical (unpaired) electrons. The number of benzene rings is 2. The quantitative estimate of drug-likeness (QED) is 0.344.